The molecule has 2 aliphatic rings. The summed E-state index contributed by atoms with van der Waals surface area (Å²) in [4.78, 5) is 11.1. The van der Waals surface area contributed by atoms with Gasteiger partial charge in [-0.15, -0.1) is 0 Å². The number of ether oxygens (including phenoxy) is 2. The summed E-state index contributed by atoms with van der Waals surface area (Å²) >= 11 is 0. The van der Waals surface area contributed by atoms with E-state index < -0.39 is 6.16 Å². The van der Waals surface area contributed by atoms with Gasteiger partial charge in [-0.2, -0.15) is 0 Å². The third-order valence-corrected chi connectivity index (χ3v) is 3.84. The normalized spacial score (nSPS) is 34.4. The molecule has 3 nitrogen and oxygen atoms in total. The van der Waals surface area contributed by atoms with E-state index in [1.807, 2.05) is 0 Å². The molecule has 0 aromatic rings. The third kappa shape index (κ3) is 2.23. The van der Waals surface area contributed by atoms with Crippen LogP contribution in [0.25, 0.3) is 0 Å². The molecule has 0 spiro atoms. The molecule has 0 N–H and O–H groups in total. The van der Waals surface area contributed by atoms with Gasteiger partial charge >= 0.3 is 6.16 Å². The van der Waals surface area contributed by atoms with Crippen LogP contribution >= 0.6 is 0 Å². The van der Waals surface area contributed by atoms with Crippen LogP contribution in [0.3, 0.4) is 0 Å². The molecule has 0 aromatic heterocycles. The summed E-state index contributed by atoms with van der Waals surface area (Å²) in [5, 5.41) is 0. The summed E-state index contributed by atoms with van der Waals surface area (Å²) in [7, 11) is 0. The third-order valence-electron chi connectivity index (χ3n) is 3.84. The first kappa shape index (κ1) is 11.5. The van der Waals surface area contributed by atoms with Crippen LogP contribution in [-0.2, 0) is 9.47 Å². The van der Waals surface area contributed by atoms with Crippen LogP contribution in [0.4, 0.5) is 4.79 Å². The largest absolute Gasteiger partial charge is 0.508 e. The molecular weight excluding hydrogens is 204 g/mol. The zero-order chi connectivity index (χ0) is 11.5. The van der Waals surface area contributed by atoms with E-state index >= 15 is 0 Å². The highest BCUT2D eigenvalue weighted by Crippen LogP contribution is 2.51. The maximum absolute atomic E-state index is 11.1. The predicted molar refractivity (Wildman–Crippen MR) is 61.1 cm³/mol. The van der Waals surface area contributed by atoms with Crippen molar-refractivity contribution in [2.45, 2.75) is 33.1 Å². The monoisotopic (exact) mass is 224 g/mol. The quantitative estimate of drug-likeness (QED) is 0.545. The molecule has 16 heavy (non-hydrogen) atoms. The number of carbonyl (C=O) groups excluding carboxylic acids is 1. The van der Waals surface area contributed by atoms with Crippen LogP contribution in [0.2, 0.25) is 0 Å². The Bertz CT molecular complexity index is 296. The summed E-state index contributed by atoms with van der Waals surface area (Å²) in [6.07, 6.45) is 5.48. The lowest BCUT2D eigenvalue weighted by Gasteiger charge is -2.23. The van der Waals surface area contributed by atoms with Gasteiger partial charge in [0.2, 0.25) is 0 Å². The van der Waals surface area contributed by atoms with Crippen molar-refractivity contribution in [2.75, 3.05) is 13.2 Å². The second-order valence-electron chi connectivity index (χ2n) is 4.77. The van der Waals surface area contributed by atoms with Crippen molar-refractivity contribution >= 4 is 6.16 Å². The molecule has 2 bridgehead atoms. The number of hydrogen-bond donors (Lipinski definition) is 0. The first-order valence-electron chi connectivity index (χ1n) is 6.19. The Morgan fingerprint density at radius 3 is 2.88 bits per heavy atom. The average molecular weight is 224 g/mol. The van der Waals surface area contributed by atoms with Gasteiger partial charge in [-0.25, -0.2) is 4.79 Å². The lowest BCUT2D eigenvalue weighted by atomic mass is 9.85. The summed E-state index contributed by atoms with van der Waals surface area (Å²) in [5.74, 6) is 2.01. The highest BCUT2D eigenvalue weighted by Gasteiger charge is 2.42. The number of hydrogen-bond acceptors (Lipinski definition) is 3. The molecule has 2 rings (SSSR count). The molecule has 2 aliphatic carbocycles. The average Bonchev–Trinajstić information content (AvgIpc) is 2.85. The smallest absolute Gasteiger partial charge is 0.435 e. The Kier molecular flexibility index (Phi) is 3.52. The van der Waals surface area contributed by atoms with Crippen molar-refractivity contribution in [3.8, 4) is 0 Å². The van der Waals surface area contributed by atoms with Crippen molar-refractivity contribution < 1.29 is 14.3 Å². The zero-order valence-corrected chi connectivity index (χ0v) is 10.1. The van der Waals surface area contributed by atoms with Gasteiger partial charge in [-0.05, 0) is 44.9 Å². The van der Waals surface area contributed by atoms with E-state index in [0.29, 0.717) is 25.0 Å². The van der Waals surface area contributed by atoms with Crippen molar-refractivity contribution in [2.24, 2.45) is 17.8 Å². The van der Waals surface area contributed by atoms with Crippen molar-refractivity contribution in [3.05, 3.63) is 11.6 Å². The first-order chi connectivity index (χ1) is 7.74. The van der Waals surface area contributed by atoms with Gasteiger partial charge < -0.3 is 9.47 Å². The van der Waals surface area contributed by atoms with E-state index in [-0.39, 0.29) is 0 Å². The number of allylic oxidation sites excluding steroid dienone is 2. The molecule has 2 fully saturated rings. The minimum absolute atomic E-state index is 0.385. The van der Waals surface area contributed by atoms with Gasteiger partial charge in [0.05, 0.1) is 13.2 Å². The van der Waals surface area contributed by atoms with Gasteiger partial charge in [-0.1, -0.05) is 11.6 Å². The van der Waals surface area contributed by atoms with Gasteiger partial charge in [-0.3, -0.25) is 0 Å². The predicted octanol–water partition coefficient (Wildman–Crippen LogP) is 3.15. The molecule has 2 saturated carbocycles. The highest BCUT2D eigenvalue weighted by atomic mass is 16.7. The Balaban J connectivity index is 1.81. The highest BCUT2D eigenvalue weighted by molar-refractivity contribution is 5.59. The summed E-state index contributed by atoms with van der Waals surface area (Å²) < 4.78 is 9.88. The van der Waals surface area contributed by atoms with E-state index in [1.54, 1.807) is 12.5 Å². The zero-order valence-electron chi connectivity index (χ0n) is 10.1. The molecular formula is C13H20O3. The topological polar surface area (TPSA) is 35.5 Å². The fourth-order valence-electron chi connectivity index (χ4n) is 3.20. The summed E-state index contributed by atoms with van der Waals surface area (Å²) in [5.41, 5.74) is 1.56. The Hall–Kier alpha value is -0.990. The minimum atomic E-state index is -0.521. The van der Waals surface area contributed by atoms with E-state index in [2.05, 4.69) is 13.0 Å². The van der Waals surface area contributed by atoms with Crippen LogP contribution in [-0.4, -0.2) is 19.4 Å². The van der Waals surface area contributed by atoms with Crippen LogP contribution in [0.5, 0.6) is 0 Å². The maximum atomic E-state index is 11.1. The van der Waals surface area contributed by atoms with Crippen molar-refractivity contribution in [1.29, 1.82) is 0 Å². The molecule has 0 aliphatic heterocycles. The van der Waals surface area contributed by atoms with Gasteiger partial charge in [0, 0.05) is 5.92 Å². The second-order valence-corrected chi connectivity index (χ2v) is 4.77. The number of rotatable bonds is 3. The second kappa shape index (κ2) is 4.89. The number of fused-ring (bicyclic) bond motifs is 2. The lowest BCUT2D eigenvalue weighted by molar-refractivity contribution is 0.0432. The van der Waals surface area contributed by atoms with Gasteiger partial charge in [0.1, 0.15) is 0 Å². The standard InChI is InChI=1S/C13H20O3/c1-3-10-5-9-6-11(12(10)7-9)8-16-13(14)15-4-2/h3,9,11-12H,4-8H2,1-2H3/t9-,11?,12+/m0/s1. The molecule has 90 valence electrons. The Morgan fingerprint density at radius 2 is 2.25 bits per heavy atom. The molecule has 0 aromatic carbocycles. The first-order valence-corrected chi connectivity index (χ1v) is 6.19. The maximum Gasteiger partial charge on any atom is 0.508 e. The molecule has 0 radical (unpaired) electrons. The van der Waals surface area contributed by atoms with Gasteiger partial charge in [0.25, 0.3) is 0 Å². The molecule has 0 saturated heterocycles. The van der Waals surface area contributed by atoms with Gasteiger partial charge in [0.15, 0.2) is 0 Å². The summed E-state index contributed by atoms with van der Waals surface area (Å²) in [6, 6.07) is 0. The van der Waals surface area contributed by atoms with E-state index in [4.69, 9.17) is 9.47 Å². The van der Waals surface area contributed by atoms with E-state index in [1.165, 1.54) is 19.3 Å². The Labute approximate surface area is 96.8 Å². The number of carbonyl (C=O) groups is 1. The summed E-state index contributed by atoms with van der Waals surface area (Å²) in [6.45, 7) is 4.81. The molecule has 0 amide bonds. The van der Waals surface area contributed by atoms with Crippen LogP contribution < -0.4 is 0 Å². The molecule has 3 atom stereocenters. The van der Waals surface area contributed by atoms with Crippen LogP contribution in [0, 0.1) is 17.8 Å². The molecule has 0 heterocycles. The van der Waals surface area contributed by atoms with E-state index in [0.717, 1.165) is 5.92 Å². The fraction of sp³-hybridized carbons (Fsp3) is 0.769. The van der Waals surface area contributed by atoms with E-state index in [9.17, 15) is 4.79 Å². The molecule has 3 heteroatoms. The lowest BCUT2D eigenvalue weighted by Crippen LogP contribution is -2.21. The minimum Gasteiger partial charge on any atom is -0.435 e. The van der Waals surface area contributed by atoms with Crippen LogP contribution in [0.1, 0.15) is 33.1 Å². The van der Waals surface area contributed by atoms with Crippen molar-refractivity contribution in [3.63, 3.8) is 0 Å². The Morgan fingerprint density at radius 1 is 1.44 bits per heavy atom. The van der Waals surface area contributed by atoms with Crippen molar-refractivity contribution in [1.82, 2.24) is 0 Å². The fourth-order valence-corrected chi connectivity index (χ4v) is 3.20. The SMILES string of the molecule is CC=C1C[C@H]2CC(COC(=O)OCC)[C@@H]1C2. The molecule has 1 unspecified atom stereocenters. The van der Waals surface area contributed by atoms with Crippen LogP contribution in [0.15, 0.2) is 11.6 Å².